The molecule has 0 saturated heterocycles. The van der Waals surface area contributed by atoms with Gasteiger partial charge in [-0.2, -0.15) is 0 Å². The Labute approximate surface area is 106 Å². The lowest BCUT2D eigenvalue weighted by molar-refractivity contribution is 0.574. The summed E-state index contributed by atoms with van der Waals surface area (Å²) in [5.41, 5.74) is 2.27. The maximum absolute atomic E-state index is 6.04. The quantitative estimate of drug-likeness (QED) is 0.903. The van der Waals surface area contributed by atoms with E-state index in [9.17, 15) is 0 Å². The molecule has 0 aliphatic rings. The fraction of sp³-hybridized carbons (Fsp3) is 0.231. The summed E-state index contributed by atoms with van der Waals surface area (Å²) < 4.78 is 0. The first kappa shape index (κ1) is 12.0. The molecule has 0 aromatic carbocycles. The molecule has 1 atom stereocenters. The molecule has 2 aromatic rings. The van der Waals surface area contributed by atoms with Gasteiger partial charge in [0.25, 0.3) is 0 Å². The van der Waals surface area contributed by atoms with Crippen LogP contribution < -0.4 is 5.32 Å². The fourth-order valence-corrected chi connectivity index (χ4v) is 1.77. The van der Waals surface area contributed by atoms with E-state index in [1.165, 1.54) is 5.56 Å². The van der Waals surface area contributed by atoms with Gasteiger partial charge in [-0.3, -0.25) is 9.97 Å². The summed E-state index contributed by atoms with van der Waals surface area (Å²) >= 11 is 6.04. The molecule has 0 unspecified atom stereocenters. The van der Waals surface area contributed by atoms with Crippen molar-refractivity contribution in [2.45, 2.75) is 19.5 Å². The summed E-state index contributed by atoms with van der Waals surface area (Å²) in [6.07, 6.45) is 7.01. The van der Waals surface area contributed by atoms with Gasteiger partial charge in [-0.15, -0.1) is 0 Å². The fourth-order valence-electron chi connectivity index (χ4n) is 1.58. The highest BCUT2D eigenvalue weighted by atomic mass is 35.5. The van der Waals surface area contributed by atoms with E-state index in [-0.39, 0.29) is 6.04 Å². The minimum Gasteiger partial charge on any atom is -0.306 e. The number of hydrogen-bond donors (Lipinski definition) is 1. The molecule has 0 spiro atoms. The minimum atomic E-state index is 0.266. The second-order valence-electron chi connectivity index (χ2n) is 3.85. The topological polar surface area (TPSA) is 37.8 Å². The van der Waals surface area contributed by atoms with Crippen LogP contribution in [0.15, 0.2) is 43.0 Å². The van der Waals surface area contributed by atoms with E-state index in [0.29, 0.717) is 5.02 Å². The Balaban J connectivity index is 1.97. The molecule has 0 aliphatic carbocycles. The predicted molar refractivity (Wildman–Crippen MR) is 68.7 cm³/mol. The van der Waals surface area contributed by atoms with Crippen LogP contribution in [-0.2, 0) is 6.54 Å². The Morgan fingerprint density at radius 1 is 1.18 bits per heavy atom. The zero-order valence-electron chi connectivity index (χ0n) is 9.60. The van der Waals surface area contributed by atoms with Crippen molar-refractivity contribution in [1.82, 2.24) is 15.3 Å². The summed E-state index contributed by atoms with van der Waals surface area (Å²) in [6, 6.07) is 6.20. The highest BCUT2D eigenvalue weighted by molar-refractivity contribution is 6.31. The first-order chi connectivity index (χ1) is 8.27. The SMILES string of the molecule is C[C@H](NCc1ccncc1Cl)c1ccncc1. The molecule has 3 nitrogen and oxygen atoms in total. The Kier molecular flexibility index (Phi) is 4.07. The van der Waals surface area contributed by atoms with E-state index in [2.05, 4.69) is 22.2 Å². The molecule has 2 aromatic heterocycles. The molecule has 0 saturated carbocycles. The summed E-state index contributed by atoms with van der Waals surface area (Å²) in [7, 11) is 0. The summed E-state index contributed by atoms with van der Waals surface area (Å²) in [5.74, 6) is 0. The molecule has 17 heavy (non-hydrogen) atoms. The maximum atomic E-state index is 6.04. The van der Waals surface area contributed by atoms with E-state index in [1.807, 2.05) is 18.2 Å². The molecule has 4 heteroatoms. The largest absolute Gasteiger partial charge is 0.306 e. The number of halogens is 1. The smallest absolute Gasteiger partial charge is 0.0634 e. The second kappa shape index (κ2) is 5.75. The predicted octanol–water partition coefficient (Wildman–Crippen LogP) is 2.98. The van der Waals surface area contributed by atoms with E-state index in [0.717, 1.165) is 12.1 Å². The first-order valence-corrected chi connectivity index (χ1v) is 5.87. The molecule has 2 heterocycles. The van der Waals surface area contributed by atoms with E-state index < -0.39 is 0 Å². The Morgan fingerprint density at radius 3 is 2.59 bits per heavy atom. The van der Waals surface area contributed by atoms with Gasteiger partial charge in [-0.05, 0) is 36.2 Å². The molecule has 0 radical (unpaired) electrons. The highest BCUT2D eigenvalue weighted by Crippen LogP contribution is 2.16. The third kappa shape index (κ3) is 3.25. The van der Waals surface area contributed by atoms with Crippen LogP contribution in [0, 0.1) is 0 Å². The molecule has 0 bridgehead atoms. The maximum Gasteiger partial charge on any atom is 0.0634 e. The first-order valence-electron chi connectivity index (χ1n) is 5.49. The third-order valence-electron chi connectivity index (χ3n) is 2.66. The van der Waals surface area contributed by atoms with Crippen LogP contribution >= 0.6 is 11.6 Å². The van der Waals surface area contributed by atoms with Crippen molar-refractivity contribution in [3.63, 3.8) is 0 Å². The molecular formula is C13H14ClN3. The van der Waals surface area contributed by atoms with Crippen LogP contribution in [0.5, 0.6) is 0 Å². The zero-order valence-corrected chi connectivity index (χ0v) is 10.4. The van der Waals surface area contributed by atoms with Gasteiger partial charge in [0.05, 0.1) is 5.02 Å². The second-order valence-corrected chi connectivity index (χ2v) is 4.26. The Hall–Kier alpha value is -1.45. The van der Waals surface area contributed by atoms with Crippen LogP contribution in [0.25, 0.3) is 0 Å². The molecule has 0 aliphatic heterocycles. The normalized spacial score (nSPS) is 12.4. The molecular weight excluding hydrogens is 234 g/mol. The summed E-state index contributed by atoms with van der Waals surface area (Å²) in [4.78, 5) is 7.97. The van der Waals surface area contributed by atoms with Crippen LogP contribution in [0.2, 0.25) is 5.02 Å². The standard InChI is InChI=1S/C13H14ClN3/c1-10(11-2-5-15-6-3-11)17-8-12-4-7-16-9-13(12)14/h2-7,9-10,17H,8H2,1H3/t10-/m0/s1. The van der Waals surface area contributed by atoms with Crippen molar-refractivity contribution < 1.29 is 0 Å². The molecule has 0 fully saturated rings. The lowest BCUT2D eigenvalue weighted by Crippen LogP contribution is -2.18. The Morgan fingerprint density at radius 2 is 1.88 bits per heavy atom. The number of nitrogens with zero attached hydrogens (tertiary/aromatic N) is 2. The summed E-state index contributed by atoms with van der Waals surface area (Å²) in [6.45, 7) is 2.84. The minimum absolute atomic E-state index is 0.266. The van der Waals surface area contributed by atoms with Gasteiger partial charge in [0.2, 0.25) is 0 Å². The van der Waals surface area contributed by atoms with Crippen LogP contribution in [0.3, 0.4) is 0 Å². The van der Waals surface area contributed by atoms with E-state index >= 15 is 0 Å². The van der Waals surface area contributed by atoms with Crippen molar-refractivity contribution in [3.8, 4) is 0 Å². The lowest BCUT2D eigenvalue weighted by atomic mass is 10.1. The highest BCUT2D eigenvalue weighted by Gasteiger charge is 2.05. The van der Waals surface area contributed by atoms with Crippen molar-refractivity contribution in [3.05, 3.63) is 59.1 Å². The average Bonchev–Trinajstić information content (AvgIpc) is 2.38. The van der Waals surface area contributed by atoms with Crippen molar-refractivity contribution in [1.29, 1.82) is 0 Å². The van der Waals surface area contributed by atoms with Gasteiger partial charge < -0.3 is 5.32 Å². The van der Waals surface area contributed by atoms with Gasteiger partial charge in [0, 0.05) is 37.4 Å². The number of hydrogen-bond acceptors (Lipinski definition) is 3. The van der Waals surface area contributed by atoms with Crippen molar-refractivity contribution in [2.24, 2.45) is 0 Å². The number of rotatable bonds is 4. The molecule has 1 N–H and O–H groups in total. The third-order valence-corrected chi connectivity index (χ3v) is 3.00. The van der Waals surface area contributed by atoms with Crippen LogP contribution in [0.1, 0.15) is 24.1 Å². The number of aromatic nitrogens is 2. The van der Waals surface area contributed by atoms with Crippen molar-refractivity contribution >= 4 is 11.6 Å². The Bertz CT molecular complexity index is 473. The van der Waals surface area contributed by atoms with E-state index in [1.54, 1.807) is 24.8 Å². The van der Waals surface area contributed by atoms with Gasteiger partial charge >= 0.3 is 0 Å². The number of nitrogens with one attached hydrogen (secondary N) is 1. The molecule has 2 rings (SSSR count). The van der Waals surface area contributed by atoms with Crippen LogP contribution in [0.4, 0.5) is 0 Å². The van der Waals surface area contributed by atoms with E-state index in [4.69, 9.17) is 11.6 Å². The monoisotopic (exact) mass is 247 g/mol. The zero-order chi connectivity index (χ0) is 12.1. The molecule has 0 amide bonds. The lowest BCUT2D eigenvalue weighted by Gasteiger charge is -2.14. The molecule has 88 valence electrons. The van der Waals surface area contributed by atoms with Gasteiger partial charge in [-0.1, -0.05) is 11.6 Å². The number of pyridine rings is 2. The summed E-state index contributed by atoms with van der Waals surface area (Å²) in [5, 5.41) is 4.11. The van der Waals surface area contributed by atoms with Crippen molar-refractivity contribution in [2.75, 3.05) is 0 Å². The average molecular weight is 248 g/mol. The van der Waals surface area contributed by atoms with Crippen LogP contribution in [-0.4, -0.2) is 9.97 Å². The van der Waals surface area contributed by atoms with Gasteiger partial charge in [-0.25, -0.2) is 0 Å². The van der Waals surface area contributed by atoms with Gasteiger partial charge in [0.15, 0.2) is 0 Å². The van der Waals surface area contributed by atoms with Gasteiger partial charge in [0.1, 0.15) is 0 Å².